The molecule has 2 heterocycles. The highest BCUT2D eigenvalue weighted by Gasteiger charge is 2.24. The fourth-order valence-electron chi connectivity index (χ4n) is 2.58. The van der Waals surface area contributed by atoms with Crippen molar-refractivity contribution in [2.75, 3.05) is 12.9 Å². The first-order chi connectivity index (χ1) is 12.1. The van der Waals surface area contributed by atoms with Gasteiger partial charge in [-0.1, -0.05) is 36.9 Å². The van der Waals surface area contributed by atoms with Crippen LogP contribution in [0.4, 0.5) is 0 Å². The summed E-state index contributed by atoms with van der Waals surface area (Å²) in [7, 11) is 0. The number of fused-ring (bicyclic) bond motifs is 1. The highest BCUT2D eigenvalue weighted by molar-refractivity contribution is 7.98. The Morgan fingerprint density at radius 2 is 2.00 bits per heavy atom. The van der Waals surface area contributed by atoms with Gasteiger partial charge in [-0.15, -0.1) is 23.1 Å². The molecular weight excluding hydrogens is 352 g/mol. The molecule has 4 nitrogen and oxygen atoms in total. The lowest BCUT2D eigenvalue weighted by molar-refractivity contribution is 0.0532. The number of hydrogen-bond acceptors (Lipinski definition) is 6. The van der Waals surface area contributed by atoms with Gasteiger partial charge in [0.05, 0.1) is 12.0 Å². The van der Waals surface area contributed by atoms with E-state index in [4.69, 9.17) is 14.7 Å². The van der Waals surface area contributed by atoms with Gasteiger partial charge in [-0.25, -0.2) is 14.8 Å². The molecule has 0 amide bonds. The summed E-state index contributed by atoms with van der Waals surface area (Å²) in [5.41, 5.74) is 2.55. The van der Waals surface area contributed by atoms with Crippen LogP contribution < -0.4 is 0 Å². The molecule has 0 saturated carbocycles. The van der Waals surface area contributed by atoms with Crippen LogP contribution in [0.2, 0.25) is 0 Å². The number of benzene rings is 1. The number of carbonyl (C=O) groups excluding carboxylic acids is 1. The van der Waals surface area contributed by atoms with E-state index in [1.54, 1.807) is 6.92 Å². The second kappa shape index (κ2) is 7.37. The van der Waals surface area contributed by atoms with Gasteiger partial charge >= 0.3 is 5.97 Å². The predicted molar refractivity (Wildman–Crippen MR) is 105 cm³/mol. The Morgan fingerprint density at radius 1 is 1.28 bits per heavy atom. The molecule has 0 aliphatic rings. The summed E-state index contributed by atoms with van der Waals surface area (Å²) in [6, 6.07) is 9.83. The molecule has 0 aliphatic carbocycles. The Bertz CT molecular complexity index is 949. The Balaban J connectivity index is 2.29. The molecule has 25 heavy (non-hydrogen) atoms. The minimum absolute atomic E-state index is 0.332. The minimum Gasteiger partial charge on any atom is -0.462 e. The Kier molecular flexibility index (Phi) is 5.20. The van der Waals surface area contributed by atoms with E-state index in [-0.39, 0.29) is 5.97 Å². The lowest BCUT2D eigenvalue weighted by Gasteiger charge is -2.07. The number of thiophene rings is 1. The number of rotatable bonds is 5. The van der Waals surface area contributed by atoms with Crippen molar-refractivity contribution in [2.45, 2.75) is 18.9 Å². The Hall–Kier alpha value is -2.18. The molecule has 0 spiro atoms. The quantitative estimate of drug-likeness (QED) is 0.347. The first-order valence-corrected chi connectivity index (χ1v) is 9.87. The molecule has 0 aliphatic heterocycles. The van der Waals surface area contributed by atoms with Crippen molar-refractivity contribution in [1.82, 2.24) is 9.97 Å². The SMILES string of the molecule is C=C(C)c1c(C(=O)OCC)sc2nc(-c3ccccc3)nc(SC)c12. The number of hydrogen-bond donors (Lipinski definition) is 0. The van der Waals surface area contributed by atoms with Crippen molar-refractivity contribution in [3.63, 3.8) is 0 Å². The zero-order chi connectivity index (χ0) is 18.0. The molecular formula is C19H18N2O2S2. The third-order valence-corrected chi connectivity index (χ3v) is 5.38. The molecule has 0 bridgehead atoms. The van der Waals surface area contributed by atoms with Crippen LogP contribution in [0.5, 0.6) is 0 Å². The highest BCUT2D eigenvalue weighted by Crippen LogP contribution is 2.40. The van der Waals surface area contributed by atoms with E-state index >= 15 is 0 Å². The summed E-state index contributed by atoms with van der Waals surface area (Å²) in [6.45, 7) is 8.06. The smallest absolute Gasteiger partial charge is 0.349 e. The number of allylic oxidation sites excluding steroid dienone is 1. The van der Waals surface area contributed by atoms with Crippen molar-refractivity contribution in [3.05, 3.63) is 47.4 Å². The maximum Gasteiger partial charge on any atom is 0.349 e. The number of esters is 1. The molecule has 0 N–H and O–H groups in total. The second-order valence-electron chi connectivity index (χ2n) is 5.41. The van der Waals surface area contributed by atoms with Gasteiger partial charge in [-0.3, -0.25) is 0 Å². The summed E-state index contributed by atoms with van der Waals surface area (Å²) in [5.74, 6) is 0.319. The molecule has 0 unspecified atom stereocenters. The van der Waals surface area contributed by atoms with Crippen LogP contribution >= 0.6 is 23.1 Å². The fraction of sp³-hybridized carbons (Fsp3) is 0.211. The largest absolute Gasteiger partial charge is 0.462 e. The summed E-state index contributed by atoms with van der Waals surface area (Å²) in [5, 5.41) is 1.72. The van der Waals surface area contributed by atoms with E-state index in [1.165, 1.54) is 23.1 Å². The fourth-order valence-corrected chi connectivity index (χ4v) is 4.37. The monoisotopic (exact) mass is 370 g/mol. The molecule has 3 aromatic rings. The first-order valence-electron chi connectivity index (χ1n) is 7.83. The summed E-state index contributed by atoms with van der Waals surface area (Å²) >= 11 is 2.88. The van der Waals surface area contributed by atoms with Crippen LogP contribution in [0.25, 0.3) is 27.2 Å². The van der Waals surface area contributed by atoms with Gasteiger partial charge in [0.25, 0.3) is 0 Å². The Labute approximate surface area is 155 Å². The zero-order valence-electron chi connectivity index (χ0n) is 14.3. The topological polar surface area (TPSA) is 52.1 Å². The van der Waals surface area contributed by atoms with Crippen molar-refractivity contribution in [3.8, 4) is 11.4 Å². The molecule has 2 aromatic heterocycles. The van der Waals surface area contributed by atoms with Gasteiger partial charge in [0, 0.05) is 11.1 Å². The molecule has 0 radical (unpaired) electrons. The first kappa shape index (κ1) is 17.6. The zero-order valence-corrected chi connectivity index (χ0v) is 16.0. The number of ether oxygens (including phenoxy) is 1. The van der Waals surface area contributed by atoms with Crippen molar-refractivity contribution >= 4 is 44.9 Å². The maximum absolute atomic E-state index is 12.4. The van der Waals surface area contributed by atoms with E-state index in [0.717, 1.165) is 31.9 Å². The molecule has 128 valence electrons. The maximum atomic E-state index is 12.4. The normalized spacial score (nSPS) is 10.8. The second-order valence-corrected chi connectivity index (χ2v) is 7.20. The predicted octanol–water partition coefficient (Wildman–Crippen LogP) is 5.29. The van der Waals surface area contributed by atoms with Gasteiger partial charge in [0.1, 0.15) is 14.7 Å². The van der Waals surface area contributed by atoms with E-state index in [9.17, 15) is 4.79 Å². The summed E-state index contributed by atoms with van der Waals surface area (Å²) < 4.78 is 5.21. The molecule has 1 aromatic carbocycles. The Morgan fingerprint density at radius 3 is 2.60 bits per heavy atom. The average molecular weight is 370 g/mol. The van der Waals surface area contributed by atoms with Crippen LogP contribution in [-0.2, 0) is 4.74 Å². The summed E-state index contributed by atoms with van der Waals surface area (Å²) in [4.78, 5) is 23.1. The molecule has 0 saturated heterocycles. The highest BCUT2D eigenvalue weighted by atomic mass is 32.2. The van der Waals surface area contributed by atoms with E-state index < -0.39 is 0 Å². The summed E-state index contributed by atoms with van der Waals surface area (Å²) in [6.07, 6.45) is 1.97. The van der Waals surface area contributed by atoms with Gasteiger partial charge in [-0.2, -0.15) is 0 Å². The van der Waals surface area contributed by atoms with Crippen molar-refractivity contribution in [1.29, 1.82) is 0 Å². The molecule has 6 heteroatoms. The van der Waals surface area contributed by atoms with Crippen LogP contribution in [0.1, 0.15) is 29.1 Å². The number of aromatic nitrogens is 2. The van der Waals surface area contributed by atoms with Gasteiger partial charge < -0.3 is 4.74 Å². The van der Waals surface area contributed by atoms with E-state index in [2.05, 4.69) is 6.58 Å². The minimum atomic E-state index is -0.336. The van der Waals surface area contributed by atoms with Crippen LogP contribution in [0.3, 0.4) is 0 Å². The number of nitrogens with zero attached hydrogens (tertiary/aromatic N) is 2. The van der Waals surface area contributed by atoms with Gasteiger partial charge in [-0.05, 0) is 25.7 Å². The van der Waals surface area contributed by atoms with Crippen LogP contribution in [0, 0.1) is 0 Å². The third-order valence-electron chi connectivity index (χ3n) is 3.63. The standard InChI is InChI=1S/C19H18N2O2S2/c1-5-23-19(22)15-13(11(2)3)14-17(24-4)20-16(21-18(14)25-15)12-9-7-6-8-10-12/h6-10H,2,5H2,1,3-4H3. The van der Waals surface area contributed by atoms with Crippen molar-refractivity contribution in [2.24, 2.45) is 0 Å². The number of carbonyl (C=O) groups is 1. The van der Waals surface area contributed by atoms with Gasteiger partial charge in [0.15, 0.2) is 5.82 Å². The number of thioether (sulfide) groups is 1. The average Bonchev–Trinajstić information content (AvgIpc) is 3.01. The van der Waals surface area contributed by atoms with Crippen molar-refractivity contribution < 1.29 is 9.53 Å². The molecule has 3 rings (SSSR count). The van der Waals surface area contributed by atoms with Gasteiger partial charge in [0.2, 0.25) is 0 Å². The molecule has 0 atom stereocenters. The van der Waals surface area contributed by atoms with Crippen LogP contribution in [0.15, 0.2) is 41.9 Å². The lowest BCUT2D eigenvalue weighted by Crippen LogP contribution is -2.04. The van der Waals surface area contributed by atoms with E-state index in [0.29, 0.717) is 17.3 Å². The third kappa shape index (κ3) is 3.32. The lowest BCUT2D eigenvalue weighted by atomic mass is 10.1. The van der Waals surface area contributed by atoms with Crippen LogP contribution in [-0.4, -0.2) is 28.8 Å². The van der Waals surface area contributed by atoms with E-state index in [1.807, 2.05) is 43.5 Å². The molecule has 0 fully saturated rings.